The summed E-state index contributed by atoms with van der Waals surface area (Å²) in [6.07, 6.45) is -0.167. The van der Waals surface area contributed by atoms with Crippen LogP contribution in [0.4, 0.5) is 0 Å². The molecule has 0 aliphatic carbocycles. The first-order valence-electron chi connectivity index (χ1n) is 2.06. The van der Waals surface area contributed by atoms with Gasteiger partial charge in [-0.2, -0.15) is 0 Å². The fraction of sp³-hybridized carbons (Fsp3) is 1.00. The van der Waals surface area contributed by atoms with Crippen LogP contribution in [0.1, 0.15) is 13.8 Å². The Morgan fingerprint density at radius 1 is 1.25 bits per heavy atom. The summed E-state index contributed by atoms with van der Waals surface area (Å²) in [5.41, 5.74) is 0. The minimum absolute atomic E-state index is 0.167. The van der Waals surface area contributed by atoms with E-state index < -0.39 is 0 Å². The Morgan fingerprint density at radius 3 is 1.25 bits per heavy atom. The van der Waals surface area contributed by atoms with E-state index in [0.29, 0.717) is 0 Å². The van der Waals surface area contributed by atoms with Crippen LogP contribution in [0.3, 0.4) is 0 Å². The molecule has 2 N–H and O–H groups in total. The molecule has 0 aliphatic rings. The van der Waals surface area contributed by atoms with Gasteiger partial charge in [0.2, 0.25) is 0 Å². The molecule has 0 saturated heterocycles. The summed E-state index contributed by atoms with van der Waals surface area (Å²) in [5, 5.41) is 15.1. The Morgan fingerprint density at radius 2 is 1.25 bits per heavy atom. The molecule has 0 heterocycles. The molecule has 0 aromatic carbocycles. The molecule has 0 saturated carbocycles. The number of aliphatic hydroxyl groups excluding tert-OH is 2. The van der Waals surface area contributed by atoms with Crippen LogP contribution in [0.15, 0.2) is 0 Å². The van der Waals surface area contributed by atoms with E-state index >= 15 is 0 Å². The van der Waals surface area contributed by atoms with Crippen molar-refractivity contribution < 1.29 is 33.9 Å². The molecule has 0 unspecified atom stereocenters. The molecule has 0 aromatic rings. The zero-order chi connectivity index (χ0) is 7.58. The van der Waals surface area contributed by atoms with E-state index in [-0.39, 0.29) is 6.10 Å². The maximum atomic E-state index is 8.25. The Balaban J connectivity index is -0.0000000542. The van der Waals surface area contributed by atoms with Gasteiger partial charge in [0, 0.05) is 13.2 Å². The van der Waals surface area contributed by atoms with Gasteiger partial charge in [0.1, 0.15) is 0 Å². The van der Waals surface area contributed by atoms with E-state index in [9.17, 15) is 0 Å². The van der Waals surface area contributed by atoms with Gasteiger partial charge in [0.25, 0.3) is 0 Å². The number of aliphatic hydroxyl groups is 2. The fourth-order valence-electron chi connectivity index (χ4n) is 0. The molecule has 0 aliphatic heterocycles. The molecular formula is C4H12O3Ti. The Hall–Kier alpha value is 0.434. The van der Waals surface area contributed by atoms with Crippen LogP contribution in [0.25, 0.3) is 0 Å². The predicted octanol–water partition coefficient (Wildman–Crippen LogP) is -0.126. The van der Waals surface area contributed by atoms with E-state index in [0.717, 1.165) is 27.5 Å². The first-order valence-corrected chi connectivity index (χ1v) is 2.70. The summed E-state index contributed by atoms with van der Waals surface area (Å²) in [5.74, 6) is 0. The van der Waals surface area contributed by atoms with Crippen LogP contribution in [0, 0.1) is 0 Å². The molecule has 4 heteroatoms. The summed E-state index contributed by atoms with van der Waals surface area (Å²) < 4.78 is 8.25. The second kappa shape index (κ2) is 26.1. The third-order valence-electron chi connectivity index (χ3n) is 0. The van der Waals surface area contributed by atoms with Crippen molar-refractivity contribution in [3.8, 4) is 0 Å². The van der Waals surface area contributed by atoms with Crippen molar-refractivity contribution in [1.82, 2.24) is 0 Å². The van der Waals surface area contributed by atoms with Crippen molar-refractivity contribution in [2.75, 3.05) is 7.11 Å². The zero-order valence-electron chi connectivity index (χ0n) is 5.38. The topological polar surface area (TPSA) is 57.5 Å². The third-order valence-corrected chi connectivity index (χ3v) is 0. The van der Waals surface area contributed by atoms with Crippen molar-refractivity contribution in [2.45, 2.75) is 20.0 Å². The van der Waals surface area contributed by atoms with Crippen molar-refractivity contribution in [1.29, 1.82) is 0 Å². The molecule has 0 radical (unpaired) electrons. The van der Waals surface area contributed by atoms with Crippen molar-refractivity contribution in [3.05, 3.63) is 0 Å². The molecule has 0 aromatic heterocycles. The van der Waals surface area contributed by atoms with Crippen LogP contribution in [0.5, 0.6) is 0 Å². The first-order chi connectivity index (χ1) is 3.73. The molecule has 3 nitrogen and oxygen atoms in total. The van der Waals surface area contributed by atoms with Crippen LogP contribution >= 0.6 is 0 Å². The van der Waals surface area contributed by atoms with Gasteiger partial charge < -0.3 is 10.2 Å². The maximum absolute atomic E-state index is 8.25. The van der Waals surface area contributed by atoms with Gasteiger partial charge in [0.15, 0.2) is 0 Å². The standard InChI is InChI=1S/C3H8O.CH4O.O.Ti/c1-3(2)4;1-2;;/h3-4H,1-2H3;2H,1H3;;. The number of hydrogen-bond donors (Lipinski definition) is 2. The van der Waals surface area contributed by atoms with Gasteiger partial charge in [-0.1, -0.05) is 0 Å². The average Bonchev–Trinajstić information content (AvgIpc) is 1.75. The van der Waals surface area contributed by atoms with Crippen molar-refractivity contribution in [3.63, 3.8) is 0 Å². The average molecular weight is 156 g/mol. The monoisotopic (exact) mass is 156 g/mol. The predicted molar refractivity (Wildman–Crippen MR) is 26.2 cm³/mol. The van der Waals surface area contributed by atoms with E-state index in [4.69, 9.17) is 13.5 Å². The molecular weight excluding hydrogens is 144 g/mol. The first kappa shape index (κ1) is 15.8. The van der Waals surface area contributed by atoms with Gasteiger partial charge in [-0.25, -0.2) is 0 Å². The normalized spacial score (nSPS) is 5.62. The van der Waals surface area contributed by atoms with Gasteiger partial charge in [-0.05, 0) is 13.8 Å². The summed E-state index contributed by atoms with van der Waals surface area (Å²) in [6.45, 7) is 3.44. The van der Waals surface area contributed by atoms with Gasteiger partial charge in [0.05, 0.1) is 0 Å². The third kappa shape index (κ3) is 1010. The molecule has 0 fully saturated rings. The zero-order valence-corrected chi connectivity index (χ0v) is 6.94. The quantitative estimate of drug-likeness (QED) is 0.480. The van der Waals surface area contributed by atoms with Crippen molar-refractivity contribution in [2.24, 2.45) is 0 Å². The van der Waals surface area contributed by atoms with Crippen molar-refractivity contribution >= 4 is 0 Å². The number of rotatable bonds is 0. The van der Waals surface area contributed by atoms with Crippen LogP contribution in [-0.2, 0) is 23.7 Å². The molecule has 0 spiro atoms. The Bertz CT molecular complexity index is 22.5. The molecule has 0 atom stereocenters. The summed E-state index contributed by atoms with van der Waals surface area (Å²) in [7, 11) is 1.00. The second-order valence-electron chi connectivity index (χ2n) is 1.09. The van der Waals surface area contributed by atoms with Gasteiger partial charge in [-0.15, -0.1) is 0 Å². The van der Waals surface area contributed by atoms with Gasteiger partial charge in [-0.3, -0.25) is 0 Å². The minimum atomic E-state index is -0.167. The van der Waals surface area contributed by atoms with E-state index in [2.05, 4.69) is 0 Å². The fourth-order valence-corrected chi connectivity index (χ4v) is 0. The van der Waals surface area contributed by atoms with Gasteiger partial charge >= 0.3 is 23.7 Å². The van der Waals surface area contributed by atoms with E-state index in [1.165, 1.54) is 0 Å². The molecule has 0 amide bonds. The Labute approximate surface area is 61.5 Å². The van der Waals surface area contributed by atoms with E-state index in [1.807, 2.05) is 0 Å². The Kier molecular flexibility index (Phi) is 51.5. The van der Waals surface area contributed by atoms with Crippen LogP contribution in [-0.4, -0.2) is 23.4 Å². The summed E-state index contributed by atoms with van der Waals surface area (Å²) in [4.78, 5) is 0. The second-order valence-corrected chi connectivity index (χ2v) is 1.09. The van der Waals surface area contributed by atoms with Crippen LogP contribution in [0.2, 0.25) is 0 Å². The molecule has 8 heavy (non-hydrogen) atoms. The molecule has 0 rings (SSSR count). The SMILES string of the molecule is CC(C)O.CO.[O]=[Ti]. The van der Waals surface area contributed by atoms with E-state index in [1.54, 1.807) is 13.8 Å². The number of hydrogen-bond acceptors (Lipinski definition) is 3. The molecule has 0 bridgehead atoms. The molecule has 50 valence electrons. The summed E-state index contributed by atoms with van der Waals surface area (Å²) in [6, 6.07) is 0. The summed E-state index contributed by atoms with van der Waals surface area (Å²) >= 11 is 0.750. The van der Waals surface area contributed by atoms with Crippen LogP contribution < -0.4 is 0 Å².